The molecule has 158 valence electrons. The normalized spacial score (nSPS) is 11.5. The summed E-state index contributed by atoms with van der Waals surface area (Å²) in [5.74, 6) is 0.0845. The molecule has 2 aromatic carbocycles. The van der Waals surface area contributed by atoms with Crippen LogP contribution in [0, 0.1) is 5.82 Å². The molecule has 10 heteroatoms. The highest BCUT2D eigenvalue weighted by Crippen LogP contribution is 2.23. The number of carbonyl (C=O) groups excluding carboxylic acids is 1. The highest BCUT2D eigenvalue weighted by Gasteiger charge is 2.29. The molecule has 0 aliphatic heterocycles. The van der Waals surface area contributed by atoms with Crippen LogP contribution >= 0.6 is 23.4 Å². The molecule has 0 unspecified atom stereocenters. The van der Waals surface area contributed by atoms with Crippen LogP contribution in [0.2, 0.25) is 5.02 Å². The third-order valence-corrected chi connectivity index (χ3v) is 7.11. The largest absolute Gasteiger partial charge is 0.354 e. The van der Waals surface area contributed by atoms with Gasteiger partial charge in [0.1, 0.15) is 12.4 Å². The number of nitrogens with zero attached hydrogens (tertiary/aromatic N) is 2. The van der Waals surface area contributed by atoms with E-state index in [1.165, 1.54) is 32.3 Å². The molecule has 29 heavy (non-hydrogen) atoms. The predicted octanol–water partition coefficient (Wildman–Crippen LogP) is 3.14. The molecule has 2 aromatic rings. The van der Waals surface area contributed by atoms with Crippen LogP contribution in [-0.4, -0.2) is 51.6 Å². The fraction of sp³-hybridized carbons (Fsp3) is 0.316. The zero-order chi connectivity index (χ0) is 21.4. The number of rotatable bonds is 10. The Morgan fingerprint density at radius 2 is 1.79 bits per heavy atom. The zero-order valence-electron chi connectivity index (χ0n) is 16.1. The first-order chi connectivity index (χ1) is 13.7. The Kier molecular flexibility index (Phi) is 8.76. The molecular formula is C19H23ClFN3O3S2. The van der Waals surface area contributed by atoms with Gasteiger partial charge in [-0.25, -0.2) is 8.70 Å². The van der Waals surface area contributed by atoms with Crippen molar-refractivity contribution in [3.63, 3.8) is 0 Å². The van der Waals surface area contributed by atoms with Gasteiger partial charge in [-0.15, -0.1) is 0 Å². The Bertz CT molecular complexity index is 942. The number of amides is 1. The summed E-state index contributed by atoms with van der Waals surface area (Å²) in [6, 6.07) is 13.0. The van der Waals surface area contributed by atoms with Crippen LogP contribution in [0.5, 0.6) is 0 Å². The number of hydrogen-bond acceptors (Lipinski definition) is 4. The molecular weight excluding hydrogens is 437 g/mol. The van der Waals surface area contributed by atoms with Crippen LogP contribution in [0.25, 0.3) is 0 Å². The van der Waals surface area contributed by atoms with Crippen molar-refractivity contribution in [1.82, 2.24) is 9.62 Å². The van der Waals surface area contributed by atoms with E-state index in [1.54, 1.807) is 11.8 Å². The van der Waals surface area contributed by atoms with Crippen LogP contribution < -0.4 is 9.62 Å². The van der Waals surface area contributed by atoms with Crippen LogP contribution in [-0.2, 0) is 20.8 Å². The lowest BCUT2D eigenvalue weighted by molar-refractivity contribution is -0.119. The number of anilines is 1. The summed E-state index contributed by atoms with van der Waals surface area (Å²) >= 11 is 7.70. The van der Waals surface area contributed by atoms with E-state index in [0.717, 1.165) is 20.2 Å². The standard InChI is InChI=1S/C19H23ClFN3O3S2/c1-23(2)29(26,27)24(18-10-6-5-9-17(18)21)13-19(25)22-11-12-28-14-15-7-3-4-8-16(15)20/h3-10H,11-14H2,1-2H3,(H,22,25). The van der Waals surface area contributed by atoms with E-state index < -0.39 is 28.5 Å². The summed E-state index contributed by atoms with van der Waals surface area (Å²) in [6.45, 7) is -0.169. The number of halogens is 2. The summed E-state index contributed by atoms with van der Waals surface area (Å²) in [4.78, 5) is 12.3. The highest BCUT2D eigenvalue weighted by atomic mass is 35.5. The Hall–Kier alpha value is -1.81. The molecule has 0 atom stereocenters. The summed E-state index contributed by atoms with van der Waals surface area (Å²) in [5, 5.41) is 3.37. The topological polar surface area (TPSA) is 69.7 Å². The van der Waals surface area contributed by atoms with Crippen molar-refractivity contribution in [3.8, 4) is 0 Å². The maximum atomic E-state index is 14.2. The number of thioether (sulfide) groups is 1. The average Bonchev–Trinajstić information content (AvgIpc) is 2.67. The second-order valence-corrected chi connectivity index (χ2v) is 9.82. The first kappa shape index (κ1) is 23.5. The molecule has 1 N–H and O–H groups in total. The fourth-order valence-electron chi connectivity index (χ4n) is 2.39. The summed E-state index contributed by atoms with van der Waals surface area (Å²) in [6.07, 6.45) is 0. The molecule has 2 rings (SSSR count). The smallest absolute Gasteiger partial charge is 0.304 e. The number of nitrogens with one attached hydrogen (secondary N) is 1. The molecule has 0 saturated carbocycles. The summed E-state index contributed by atoms with van der Waals surface area (Å²) in [7, 11) is -1.39. The maximum absolute atomic E-state index is 14.2. The van der Waals surface area contributed by atoms with Crippen molar-refractivity contribution in [1.29, 1.82) is 0 Å². The quantitative estimate of drug-likeness (QED) is 0.554. The van der Waals surface area contributed by atoms with Gasteiger partial charge in [0.2, 0.25) is 5.91 Å². The molecule has 0 aliphatic carbocycles. The summed E-state index contributed by atoms with van der Waals surface area (Å²) in [5.41, 5.74) is 0.831. The Morgan fingerprint density at radius 1 is 1.14 bits per heavy atom. The van der Waals surface area contributed by atoms with Crippen molar-refractivity contribution >= 4 is 45.2 Å². The van der Waals surface area contributed by atoms with Crippen LogP contribution in [0.15, 0.2) is 48.5 Å². The number of para-hydroxylation sites is 1. The second kappa shape index (κ2) is 10.8. The minimum atomic E-state index is -4.04. The van der Waals surface area contributed by atoms with Crippen LogP contribution in [0.4, 0.5) is 10.1 Å². The van der Waals surface area contributed by atoms with Gasteiger partial charge in [-0.05, 0) is 23.8 Å². The van der Waals surface area contributed by atoms with E-state index in [4.69, 9.17) is 11.6 Å². The highest BCUT2D eigenvalue weighted by molar-refractivity contribution is 7.98. The molecule has 0 fully saturated rings. The number of carbonyl (C=O) groups is 1. The lowest BCUT2D eigenvalue weighted by Gasteiger charge is -2.27. The molecule has 6 nitrogen and oxygen atoms in total. The Balaban J connectivity index is 1.93. The van der Waals surface area contributed by atoms with Gasteiger partial charge in [0.25, 0.3) is 0 Å². The third kappa shape index (κ3) is 6.60. The van der Waals surface area contributed by atoms with Crippen molar-refractivity contribution in [3.05, 3.63) is 64.9 Å². The Morgan fingerprint density at radius 3 is 2.45 bits per heavy atom. The fourth-order valence-corrected chi connectivity index (χ4v) is 4.60. The molecule has 0 spiro atoms. The number of hydrogen-bond donors (Lipinski definition) is 1. The van der Waals surface area contributed by atoms with E-state index in [2.05, 4.69) is 5.32 Å². The second-order valence-electron chi connectivity index (χ2n) is 6.24. The van der Waals surface area contributed by atoms with E-state index in [-0.39, 0.29) is 5.69 Å². The van der Waals surface area contributed by atoms with Gasteiger partial charge in [-0.3, -0.25) is 4.79 Å². The van der Waals surface area contributed by atoms with Crippen LogP contribution in [0.3, 0.4) is 0 Å². The Labute approximate surface area is 180 Å². The van der Waals surface area contributed by atoms with E-state index in [0.29, 0.717) is 23.1 Å². The van der Waals surface area contributed by atoms with Crippen LogP contribution in [0.1, 0.15) is 5.56 Å². The zero-order valence-corrected chi connectivity index (χ0v) is 18.5. The first-order valence-electron chi connectivity index (χ1n) is 8.76. The molecule has 1 amide bonds. The van der Waals surface area contributed by atoms with Gasteiger partial charge < -0.3 is 5.32 Å². The minimum absolute atomic E-state index is 0.176. The monoisotopic (exact) mass is 459 g/mol. The number of benzene rings is 2. The lowest BCUT2D eigenvalue weighted by atomic mass is 10.2. The maximum Gasteiger partial charge on any atom is 0.304 e. The first-order valence-corrected chi connectivity index (χ1v) is 11.7. The molecule has 0 aliphatic rings. The van der Waals surface area contributed by atoms with E-state index in [9.17, 15) is 17.6 Å². The van der Waals surface area contributed by atoms with Gasteiger partial charge in [-0.2, -0.15) is 24.5 Å². The minimum Gasteiger partial charge on any atom is -0.354 e. The molecule has 0 radical (unpaired) electrons. The van der Waals surface area contributed by atoms with Gasteiger partial charge in [0.05, 0.1) is 5.69 Å². The summed E-state index contributed by atoms with van der Waals surface area (Å²) < 4.78 is 41.0. The van der Waals surface area contributed by atoms with Crippen molar-refractivity contribution < 1.29 is 17.6 Å². The molecule has 0 heterocycles. The van der Waals surface area contributed by atoms with Gasteiger partial charge >= 0.3 is 10.2 Å². The molecule has 0 saturated heterocycles. The molecule has 0 aromatic heterocycles. The van der Waals surface area contributed by atoms with Gasteiger partial charge in [0, 0.05) is 37.2 Å². The predicted molar refractivity (Wildman–Crippen MR) is 117 cm³/mol. The van der Waals surface area contributed by atoms with Gasteiger partial charge in [-0.1, -0.05) is 41.9 Å². The SMILES string of the molecule is CN(C)S(=O)(=O)N(CC(=O)NCCSCc1ccccc1Cl)c1ccccc1F. The van der Waals surface area contributed by atoms with Crippen molar-refractivity contribution in [2.45, 2.75) is 5.75 Å². The third-order valence-electron chi connectivity index (χ3n) is 3.93. The lowest BCUT2D eigenvalue weighted by Crippen LogP contribution is -2.46. The van der Waals surface area contributed by atoms with Crippen molar-refractivity contribution in [2.75, 3.05) is 37.2 Å². The van der Waals surface area contributed by atoms with Gasteiger partial charge in [0.15, 0.2) is 0 Å². The molecule has 0 bridgehead atoms. The van der Waals surface area contributed by atoms with Crippen molar-refractivity contribution in [2.24, 2.45) is 0 Å². The van der Waals surface area contributed by atoms with E-state index in [1.807, 2.05) is 24.3 Å². The van der Waals surface area contributed by atoms with E-state index >= 15 is 0 Å². The average molecular weight is 460 g/mol.